The van der Waals surface area contributed by atoms with Crippen LogP contribution in [0.15, 0.2) is 48.5 Å². The first-order valence-electron chi connectivity index (χ1n) is 8.59. The summed E-state index contributed by atoms with van der Waals surface area (Å²) in [6.07, 6.45) is -0.643. The Hall–Kier alpha value is -2.89. The van der Waals surface area contributed by atoms with E-state index in [-0.39, 0.29) is 24.2 Å². The number of likely N-dealkylation sites (N-methyl/N-ethyl adjacent to an activating group) is 1. The van der Waals surface area contributed by atoms with Crippen LogP contribution >= 0.6 is 0 Å². The fourth-order valence-electron chi connectivity index (χ4n) is 2.99. The second-order valence-corrected chi connectivity index (χ2v) is 6.19. The summed E-state index contributed by atoms with van der Waals surface area (Å²) in [6.45, 7) is 4.20. The number of rotatable bonds is 5. The van der Waals surface area contributed by atoms with Gasteiger partial charge in [0.1, 0.15) is 18.1 Å². The number of anilines is 1. The molecule has 2 amide bonds. The zero-order valence-electron chi connectivity index (χ0n) is 14.8. The van der Waals surface area contributed by atoms with Crippen molar-refractivity contribution in [2.24, 2.45) is 0 Å². The number of benzene rings is 2. The summed E-state index contributed by atoms with van der Waals surface area (Å²) in [5.74, 6) is -0.203. The average molecular weight is 356 g/mol. The normalized spacial score (nSPS) is 16.0. The first-order chi connectivity index (χ1) is 12.5. The molecule has 2 aromatic rings. The van der Waals surface area contributed by atoms with Gasteiger partial charge in [-0.3, -0.25) is 14.5 Å². The van der Waals surface area contributed by atoms with E-state index in [9.17, 15) is 14.0 Å². The summed E-state index contributed by atoms with van der Waals surface area (Å²) >= 11 is 0. The summed E-state index contributed by atoms with van der Waals surface area (Å²) in [5.41, 5.74) is 1.30. The number of nitrogens with zero attached hydrogens (tertiary/aromatic N) is 2. The third kappa shape index (κ3) is 3.69. The quantitative estimate of drug-likeness (QED) is 0.828. The Kier molecular flexibility index (Phi) is 5.21. The number of ether oxygens (including phenoxy) is 1. The van der Waals surface area contributed by atoms with Gasteiger partial charge in [-0.15, -0.1) is 0 Å². The summed E-state index contributed by atoms with van der Waals surface area (Å²) < 4.78 is 19.0. The minimum atomic E-state index is -0.643. The highest BCUT2D eigenvalue weighted by Crippen LogP contribution is 2.33. The molecule has 1 aliphatic rings. The van der Waals surface area contributed by atoms with Crippen LogP contribution in [0.5, 0.6) is 5.75 Å². The van der Waals surface area contributed by atoms with Crippen LogP contribution in [0.4, 0.5) is 10.1 Å². The van der Waals surface area contributed by atoms with Crippen molar-refractivity contribution in [2.75, 3.05) is 18.0 Å². The maximum atomic E-state index is 13.4. The summed E-state index contributed by atoms with van der Waals surface area (Å²) in [6, 6.07) is 13.3. The molecule has 136 valence electrons. The van der Waals surface area contributed by atoms with Crippen molar-refractivity contribution in [1.82, 2.24) is 4.90 Å². The van der Waals surface area contributed by atoms with E-state index in [1.807, 2.05) is 13.0 Å². The Morgan fingerprint density at radius 3 is 2.73 bits per heavy atom. The Balaban J connectivity index is 1.78. The number of carbonyl (C=O) groups excluding carboxylic acids is 2. The molecule has 1 aliphatic heterocycles. The van der Waals surface area contributed by atoms with Crippen molar-refractivity contribution in [3.63, 3.8) is 0 Å². The van der Waals surface area contributed by atoms with Crippen LogP contribution in [0, 0.1) is 5.82 Å². The summed E-state index contributed by atoms with van der Waals surface area (Å²) in [7, 11) is 0. The lowest BCUT2D eigenvalue weighted by Gasteiger charge is -2.34. The van der Waals surface area contributed by atoms with Crippen LogP contribution in [0.1, 0.15) is 19.4 Å². The molecule has 0 unspecified atom stereocenters. The Morgan fingerprint density at radius 2 is 2.00 bits per heavy atom. The molecule has 6 heteroatoms. The predicted octanol–water partition coefficient (Wildman–Crippen LogP) is 2.99. The third-order valence-corrected chi connectivity index (χ3v) is 4.36. The van der Waals surface area contributed by atoms with Crippen LogP contribution in [-0.2, 0) is 16.1 Å². The molecule has 0 saturated carbocycles. The minimum absolute atomic E-state index is 0.0767. The van der Waals surface area contributed by atoms with Crippen LogP contribution in [0.3, 0.4) is 0 Å². The molecule has 1 atom stereocenters. The molecule has 26 heavy (non-hydrogen) atoms. The smallest absolute Gasteiger partial charge is 0.268 e. The Morgan fingerprint density at radius 1 is 1.23 bits per heavy atom. The highest BCUT2D eigenvalue weighted by Gasteiger charge is 2.33. The van der Waals surface area contributed by atoms with Crippen LogP contribution in [0.25, 0.3) is 0 Å². The zero-order chi connectivity index (χ0) is 18.7. The first kappa shape index (κ1) is 17.9. The number of para-hydroxylation sites is 2. The maximum absolute atomic E-state index is 13.4. The van der Waals surface area contributed by atoms with Crippen LogP contribution in [0.2, 0.25) is 0 Å². The van der Waals surface area contributed by atoms with E-state index >= 15 is 0 Å². The molecular weight excluding hydrogens is 335 g/mol. The standard InChI is InChI=1S/C20H21FN2O3/c1-3-22(12-15-7-6-8-16(21)11-15)19(24)13-23-17-9-4-5-10-18(17)26-14(2)20(23)25/h4-11,14H,3,12-13H2,1-2H3/t14-/m0/s1. The van der Waals surface area contributed by atoms with E-state index in [0.717, 1.165) is 0 Å². The lowest BCUT2D eigenvalue weighted by atomic mass is 10.1. The number of halogens is 1. The van der Waals surface area contributed by atoms with E-state index in [4.69, 9.17) is 4.74 Å². The molecule has 5 nitrogen and oxygen atoms in total. The minimum Gasteiger partial charge on any atom is -0.479 e. The van der Waals surface area contributed by atoms with Gasteiger partial charge in [0.15, 0.2) is 6.10 Å². The van der Waals surface area contributed by atoms with Gasteiger partial charge in [-0.2, -0.15) is 0 Å². The summed E-state index contributed by atoms with van der Waals surface area (Å²) in [4.78, 5) is 28.4. The molecule has 0 aromatic heterocycles. The van der Waals surface area contributed by atoms with Gasteiger partial charge in [0.25, 0.3) is 5.91 Å². The summed E-state index contributed by atoms with van der Waals surface area (Å²) in [5, 5.41) is 0. The van der Waals surface area contributed by atoms with Crippen molar-refractivity contribution in [3.05, 3.63) is 59.9 Å². The second-order valence-electron chi connectivity index (χ2n) is 6.19. The van der Waals surface area contributed by atoms with Gasteiger partial charge in [-0.25, -0.2) is 4.39 Å². The number of amides is 2. The van der Waals surface area contributed by atoms with Crippen molar-refractivity contribution in [3.8, 4) is 5.75 Å². The molecule has 0 bridgehead atoms. The molecular formula is C20H21FN2O3. The van der Waals surface area contributed by atoms with Gasteiger partial charge in [-0.05, 0) is 43.7 Å². The van der Waals surface area contributed by atoms with Crippen LogP contribution < -0.4 is 9.64 Å². The van der Waals surface area contributed by atoms with Gasteiger partial charge in [-0.1, -0.05) is 24.3 Å². The largest absolute Gasteiger partial charge is 0.479 e. The molecule has 2 aromatic carbocycles. The van der Waals surface area contributed by atoms with Crippen LogP contribution in [-0.4, -0.2) is 35.9 Å². The molecule has 0 N–H and O–H groups in total. The van der Waals surface area contributed by atoms with E-state index in [0.29, 0.717) is 30.1 Å². The van der Waals surface area contributed by atoms with Gasteiger partial charge >= 0.3 is 0 Å². The molecule has 0 aliphatic carbocycles. The van der Waals surface area contributed by atoms with E-state index in [1.165, 1.54) is 17.0 Å². The topological polar surface area (TPSA) is 49.9 Å². The first-order valence-corrected chi connectivity index (χ1v) is 8.59. The molecule has 0 spiro atoms. The third-order valence-electron chi connectivity index (χ3n) is 4.36. The zero-order valence-corrected chi connectivity index (χ0v) is 14.8. The lowest BCUT2D eigenvalue weighted by molar-refractivity contribution is -0.133. The second kappa shape index (κ2) is 7.56. The average Bonchev–Trinajstić information content (AvgIpc) is 2.63. The number of fused-ring (bicyclic) bond motifs is 1. The van der Waals surface area contributed by atoms with Crippen molar-refractivity contribution >= 4 is 17.5 Å². The van der Waals surface area contributed by atoms with Crippen molar-refractivity contribution in [2.45, 2.75) is 26.5 Å². The fraction of sp³-hybridized carbons (Fsp3) is 0.300. The molecule has 0 saturated heterocycles. The Bertz CT molecular complexity index is 824. The fourth-order valence-corrected chi connectivity index (χ4v) is 2.99. The molecule has 0 radical (unpaired) electrons. The van der Waals surface area contributed by atoms with E-state index < -0.39 is 6.10 Å². The SMILES string of the molecule is CCN(Cc1cccc(F)c1)C(=O)CN1C(=O)[C@H](C)Oc2ccccc21. The lowest BCUT2D eigenvalue weighted by Crippen LogP contribution is -2.49. The molecule has 1 heterocycles. The number of carbonyl (C=O) groups is 2. The van der Waals surface area contributed by atoms with Gasteiger partial charge in [0.05, 0.1) is 5.69 Å². The molecule has 3 rings (SSSR count). The molecule has 0 fully saturated rings. The highest BCUT2D eigenvalue weighted by molar-refractivity contribution is 6.03. The van der Waals surface area contributed by atoms with E-state index in [1.54, 1.807) is 42.2 Å². The maximum Gasteiger partial charge on any atom is 0.268 e. The monoisotopic (exact) mass is 356 g/mol. The van der Waals surface area contributed by atoms with Gasteiger partial charge in [0, 0.05) is 13.1 Å². The number of hydrogen-bond acceptors (Lipinski definition) is 3. The van der Waals surface area contributed by atoms with Gasteiger partial charge < -0.3 is 9.64 Å². The van der Waals surface area contributed by atoms with Gasteiger partial charge in [0.2, 0.25) is 5.91 Å². The van der Waals surface area contributed by atoms with Crippen molar-refractivity contribution in [1.29, 1.82) is 0 Å². The van der Waals surface area contributed by atoms with Crippen molar-refractivity contribution < 1.29 is 18.7 Å². The Labute approximate surface area is 152 Å². The number of hydrogen-bond donors (Lipinski definition) is 0. The predicted molar refractivity (Wildman–Crippen MR) is 96.4 cm³/mol. The highest BCUT2D eigenvalue weighted by atomic mass is 19.1. The van der Waals surface area contributed by atoms with E-state index in [2.05, 4.69) is 0 Å².